The van der Waals surface area contributed by atoms with Gasteiger partial charge in [-0.15, -0.1) is 0 Å². The van der Waals surface area contributed by atoms with Crippen molar-refractivity contribution in [3.8, 4) is 0 Å². The summed E-state index contributed by atoms with van der Waals surface area (Å²) in [6, 6.07) is 23.8. The molecule has 3 aromatic carbocycles. The van der Waals surface area contributed by atoms with Gasteiger partial charge in [0.25, 0.3) is 0 Å². The molecular formula is C34H45N3O4S. The van der Waals surface area contributed by atoms with Crippen molar-refractivity contribution in [2.75, 3.05) is 23.7 Å². The molecule has 0 unspecified atom stereocenters. The number of anilines is 1. The minimum Gasteiger partial charge on any atom is -0.354 e. The lowest BCUT2D eigenvalue weighted by molar-refractivity contribution is -0.140. The summed E-state index contributed by atoms with van der Waals surface area (Å²) in [4.78, 5) is 29.4. The number of unbranched alkanes of at least 4 members (excludes halogenated alkanes) is 1. The van der Waals surface area contributed by atoms with Crippen molar-refractivity contribution in [2.24, 2.45) is 0 Å². The Bertz CT molecular complexity index is 1430. The van der Waals surface area contributed by atoms with E-state index < -0.39 is 28.5 Å². The third-order valence-electron chi connectivity index (χ3n) is 7.24. The summed E-state index contributed by atoms with van der Waals surface area (Å²) in [5.74, 6) is -0.706. The van der Waals surface area contributed by atoms with Crippen LogP contribution in [-0.2, 0) is 38.0 Å². The van der Waals surface area contributed by atoms with Gasteiger partial charge in [-0.2, -0.15) is 0 Å². The van der Waals surface area contributed by atoms with Crippen LogP contribution in [0.2, 0.25) is 0 Å². The minimum absolute atomic E-state index is 0.106. The van der Waals surface area contributed by atoms with Crippen molar-refractivity contribution in [1.82, 2.24) is 10.2 Å². The average molecular weight is 592 g/mol. The van der Waals surface area contributed by atoms with E-state index in [1.54, 1.807) is 12.1 Å². The second-order valence-electron chi connectivity index (χ2n) is 11.9. The monoisotopic (exact) mass is 591 g/mol. The van der Waals surface area contributed by atoms with Crippen LogP contribution in [0.1, 0.15) is 62.8 Å². The van der Waals surface area contributed by atoms with E-state index >= 15 is 0 Å². The van der Waals surface area contributed by atoms with E-state index in [0.717, 1.165) is 45.7 Å². The van der Waals surface area contributed by atoms with Crippen LogP contribution in [0.3, 0.4) is 0 Å². The largest absolute Gasteiger partial charge is 0.354 e. The van der Waals surface area contributed by atoms with Crippen LogP contribution in [0.5, 0.6) is 0 Å². The molecule has 0 spiro atoms. The van der Waals surface area contributed by atoms with Crippen molar-refractivity contribution in [1.29, 1.82) is 0 Å². The first kappa shape index (κ1) is 32.9. The zero-order chi connectivity index (χ0) is 30.9. The highest BCUT2D eigenvalue weighted by atomic mass is 32.2. The van der Waals surface area contributed by atoms with E-state index in [1.807, 2.05) is 73.7 Å². The van der Waals surface area contributed by atoms with Gasteiger partial charge in [-0.3, -0.25) is 13.9 Å². The first-order valence-electron chi connectivity index (χ1n) is 14.5. The number of hydrogen-bond donors (Lipinski definition) is 1. The number of nitrogens with one attached hydrogen (secondary N) is 1. The summed E-state index contributed by atoms with van der Waals surface area (Å²) in [5.41, 5.74) is 4.16. The molecule has 3 rings (SSSR count). The van der Waals surface area contributed by atoms with Crippen molar-refractivity contribution in [3.63, 3.8) is 0 Å². The van der Waals surface area contributed by atoms with E-state index in [0.29, 0.717) is 18.7 Å². The van der Waals surface area contributed by atoms with Gasteiger partial charge in [0, 0.05) is 19.5 Å². The van der Waals surface area contributed by atoms with Crippen LogP contribution < -0.4 is 9.62 Å². The Morgan fingerprint density at radius 1 is 0.905 bits per heavy atom. The predicted octanol–water partition coefficient (Wildman–Crippen LogP) is 5.61. The second-order valence-corrected chi connectivity index (χ2v) is 13.8. The first-order chi connectivity index (χ1) is 19.8. The summed E-state index contributed by atoms with van der Waals surface area (Å²) in [5, 5.41) is 3.01. The van der Waals surface area contributed by atoms with Gasteiger partial charge < -0.3 is 10.2 Å². The molecule has 3 aromatic rings. The number of benzene rings is 3. The number of sulfonamides is 1. The Morgan fingerprint density at radius 2 is 1.55 bits per heavy atom. The molecule has 2 amide bonds. The molecule has 0 radical (unpaired) electrons. The fraction of sp³-hybridized carbons (Fsp3) is 0.412. The average Bonchev–Trinajstić information content (AvgIpc) is 2.93. The molecule has 0 aliphatic carbocycles. The van der Waals surface area contributed by atoms with Gasteiger partial charge >= 0.3 is 0 Å². The number of amides is 2. The molecule has 1 atom stereocenters. The number of hydrogen-bond acceptors (Lipinski definition) is 4. The van der Waals surface area contributed by atoms with Gasteiger partial charge in [0.05, 0.1) is 11.9 Å². The molecule has 0 aliphatic rings. The summed E-state index contributed by atoms with van der Waals surface area (Å²) >= 11 is 0. The number of aryl methyl sites for hydroxylation is 1. The van der Waals surface area contributed by atoms with Crippen LogP contribution >= 0.6 is 0 Å². The van der Waals surface area contributed by atoms with E-state index in [4.69, 9.17) is 0 Å². The predicted molar refractivity (Wildman–Crippen MR) is 171 cm³/mol. The van der Waals surface area contributed by atoms with E-state index in [1.165, 1.54) is 4.90 Å². The Balaban J connectivity index is 2.03. The van der Waals surface area contributed by atoms with E-state index in [2.05, 4.69) is 33.0 Å². The second kappa shape index (κ2) is 14.5. The minimum atomic E-state index is -3.81. The molecule has 8 heteroatoms. The first-order valence-corrected chi connectivity index (χ1v) is 16.4. The smallest absolute Gasteiger partial charge is 0.244 e. The molecule has 0 aliphatic heterocycles. The van der Waals surface area contributed by atoms with Crippen molar-refractivity contribution in [3.05, 3.63) is 101 Å². The lowest BCUT2D eigenvalue weighted by atomic mass is 9.87. The van der Waals surface area contributed by atoms with Crippen LogP contribution in [0.25, 0.3) is 0 Å². The molecule has 7 nitrogen and oxygen atoms in total. The maximum absolute atomic E-state index is 14.2. The molecule has 42 heavy (non-hydrogen) atoms. The highest BCUT2D eigenvalue weighted by Crippen LogP contribution is 2.26. The van der Waals surface area contributed by atoms with Crippen molar-refractivity contribution < 1.29 is 18.0 Å². The Hall–Kier alpha value is -3.65. The fourth-order valence-electron chi connectivity index (χ4n) is 4.81. The molecular weight excluding hydrogens is 546 g/mol. The lowest BCUT2D eigenvalue weighted by Crippen LogP contribution is -2.53. The molecule has 1 N–H and O–H groups in total. The van der Waals surface area contributed by atoms with Crippen LogP contribution in [0.15, 0.2) is 78.9 Å². The third kappa shape index (κ3) is 9.44. The van der Waals surface area contributed by atoms with Gasteiger partial charge in [-0.05, 0) is 47.6 Å². The molecule has 226 valence electrons. The number of carbonyl (C=O) groups is 2. The normalized spacial score (nSPS) is 12.4. The molecule has 0 aromatic heterocycles. The highest BCUT2D eigenvalue weighted by molar-refractivity contribution is 7.92. The Morgan fingerprint density at radius 3 is 2.12 bits per heavy atom. The molecule has 0 bridgehead atoms. The third-order valence-corrected chi connectivity index (χ3v) is 8.38. The van der Waals surface area contributed by atoms with Crippen LogP contribution in [0.4, 0.5) is 5.69 Å². The van der Waals surface area contributed by atoms with Gasteiger partial charge in [-0.1, -0.05) is 106 Å². The van der Waals surface area contributed by atoms with Crippen molar-refractivity contribution >= 4 is 27.5 Å². The van der Waals surface area contributed by atoms with Crippen LogP contribution in [-0.4, -0.2) is 50.5 Å². The van der Waals surface area contributed by atoms with Crippen molar-refractivity contribution in [2.45, 2.75) is 71.9 Å². The lowest BCUT2D eigenvalue weighted by Gasteiger charge is -2.33. The molecule has 0 saturated carbocycles. The number of nitrogens with zero attached hydrogens (tertiary/aromatic N) is 2. The maximum atomic E-state index is 14.2. The maximum Gasteiger partial charge on any atom is 0.244 e. The molecule has 0 saturated heterocycles. The topological polar surface area (TPSA) is 86.8 Å². The standard InChI is InChI=1S/C34H45N3O4S/c1-7-8-21-35-33(39)31(23-27-14-10-9-11-15-27)36(24-28-16-12-13-26(2)22-28)32(38)25-37(42(6,40)41)30-19-17-29(18-20-30)34(3,4)5/h9-20,22,31H,7-8,21,23-25H2,1-6H3,(H,35,39)/t31-/m1/s1. The SMILES string of the molecule is CCCCNC(=O)[C@@H](Cc1ccccc1)N(Cc1cccc(C)c1)C(=O)CN(c1ccc(C(C)(C)C)cc1)S(C)(=O)=O. The molecule has 0 fully saturated rings. The summed E-state index contributed by atoms with van der Waals surface area (Å²) in [7, 11) is -3.81. The zero-order valence-electron chi connectivity index (χ0n) is 25.8. The van der Waals surface area contributed by atoms with Gasteiger partial charge in [-0.25, -0.2) is 8.42 Å². The van der Waals surface area contributed by atoms with E-state index in [9.17, 15) is 18.0 Å². The fourth-order valence-corrected chi connectivity index (χ4v) is 5.66. The van der Waals surface area contributed by atoms with Gasteiger partial charge in [0.15, 0.2) is 0 Å². The van der Waals surface area contributed by atoms with E-state index in [-0.39, 0.29) is 17.9 Å². The van der Waals surface area contributed by atoms with Crippen LogP contribution in [0, 0.1) is 6.92 Å². The summed E-state index contributed by atoms with van der Waals surface area (Å²) < 4.78 is 27.2. The number of carbonyl (C=O) groups excluding carboxylic acids is 2. The zero-order valence-corrected chi connectivity index (χ0v) is 26.6. The summed E-state index contributed by atoms with van der Waals surface area (Å²) in [6.45, 7) is 10.5. The highest BCUT2D eigenvalue weighted by Gasteiger charge is 2.33. The van der Waals surface area contributed by atoms with Gasteiger partial charge in [0.2, 0.25) is 21.8 Å². The quantitative estimate of drug-likeness (QED) is 0.262. The van der Waals surface area contributed by atoms with Gasteiger partial charge in [0.1, 0.15) is 12.6 Å². The Labute approximate surface area is 252 Å². The summed E-state index contributed by atoms with van der Waals surface area (Å²) in [6.07, 6.45) is 3.15. The number of rotatable bonds is 13. The molecule has 0 heterocycles. The Kier molecular flexibility index (Phi) is 11.3.